The van der Waals surface area contributed by atoms with E-state index >= 15 is 0 Å². The highest BCUT2D eigenvalue weighted by Crippen LogP contribution is 2.33. The molecule has 1 aromatic carbocycles. The lowest BCUT2D eigenvalue weighted by Gasteiger charge is -2.15. The summed E-state index contributed by atoms with van der Waals surface area (Å²) in [7, 11) is 1.37. The summed E-state index contributed by atoms with van der Waals surface area (Å²) >= 11 is 0. The fraction of sp³-hybridized carbons (Fsp3) is 0.263. The van der Waals surface area contributed by atoms with Gasteiger partial charge in [0.2, 0.25) is 0 Å². The Morgan fingerprint density at radius 2 is 1.86 bits per heavy atom. The third-order valence-corrected chi connectivity index (χ3v) is 4.06. The van der Waals surface area contributed by atoms with Gasteiger partial charge >= 0.3 is 12.3 Å². The number of alkyl halides is 5. The Kier molecular flexibility index (Phi) is 5.19. The van der Waals surface area contributed by atoms with Crippen molar-refractivity contribution in [3.8, 4) is 22.9 Å². The van der Waals surface area contributed by atoms with E-state index in [9.17, 15) is 22.0 Å². The molecule has 3 rings (SSSR count). The van der Waals surface area contributed by atoms with Gasteiger partial charge in [0.05, 0.1) is 12.1 Å². The largest absolute Gasteiger partial charge is 0.573 e. The molecule has 10 heteroatoms. The summed E-state index contributed by atoms with van der Waals surface area (Å²) in [5.74, 6) is -4.35. The van der Waals surface area contributed by atoms with Crippen LogP contribution < -0.4 is 4.74 Å². The number of fused-ring (bicyclic) bond motifs is 1. The quantitative estimate of drug-likeness (QED) is 0.553. The van der Waals surface area contributed by atoms with Crippen molar-refractivity contribution in [2.45, 2.75) is 25.8 Å². The predicted octanol–water partition coefficient (Wildman–Crippen LogP) is 5.03. The molecule has 152 valence electrons. The average Bonchev–Trinajstić information content (AvgIpc) is 2.99. The summed E-state index contributed by atoms with van der Waals surface area (Å²) in [4.78, 5) is 3.71. The molecule has 0 N–H and O–H groups in total. The molecule has 3 aromatic rings. The molecule has 5 nitrogen and oxygen atoms in total. The van der Waals surface area contributed by atoms with Gasteiger partial charge in [-0.15, -0.1) is 13.2 Å². The third-order valence-electron chi connectivity index (χ3n) is 4.06. The van der Waals surface area contributed by atoms with Crippen molar-refractivity contribution in [3.05, 3.63) is 53.6 Å². The van der Waals surface area contributed by atoms with Gasteiger partial charge in [0.1, 0.15) is 11.8 Å². The third kappa shape index (κ3) is 4.30. The number of nitrogens with zero attached hydrogens (tertiary/aromatic N) is 3. The molecule has 2 aromatic heterocycles. The molecule has 0 atom stereocenters. The average molecular weight is 411 g/mol. The van der Waals surface area contributed by atoms with Gasteiger partial charge < -0.3 is 9.47 Å². The first-order valence-electron chi connectivity index (χ1n) is 8.22. The lowest BCUT2D eigenvalue weighted by atomic mass is 10.0. The number of nitriles is 1. The molecule has 0 saturated carbocycles. The van der Waals surface area contributed by atoms with Crippen molar-refractivity contribution in [2.75, 3.05) is 7.11 Å². The first kappa shape index (κ1) is 20.5. The summed E-state index contributed by atoms with van der Waals surface area (Å²) < 4.78 is 75.4. The van der Waals surface area contributed by atoms with Crippen LogP contribution in [0.2, 0.25) is 0 Å². The molecule has 0 aliphatic heterocycles. The number of hydrogen-bond donors (Lipinski definition) is 0. The maximum Gasteiger partial charge on any atom is 0.573 e. The van der Waals surface area contributed by atoms with Crippen LogP contribution in [0.15, 0.2) is 36.5 Å². The summed E-state index contributed by atoms with van der Waals surface area (Å²) in [6.07, 6.45) is -3.49. The molecule has 0 saturated heterocycles. The van der Waals surface area contributed by atoms with Gasteiger partial charge in [0, 0.05) is 20.2 Å². The van der Waals surface area contributed by atoms with Gasteiger partial charge in [-0.2, -0.15) is 14.0 Å². The molecule has 2 heterocycles. The zero-order valence-electron chi connectivity index (χ0n) is 15.2. The van der Waals surface area contributed by atoms with Crippen LogP contribution in [0.4, 0.5) is 22.0 Å². The van der Waals surface area contributed by atoms with Crippen LogP contribution in [0.5, 0.6) is 5.75 Å². The first-order chi connectivity index (χ1) is 13.5. The summed E-state index contributed by atoms with van der Waals surface area (Å²) in [5.41, 5.74) is 1.28. The van der Waals surface area contributed by atoms with E-state index in [1.54, 1.807) is 12.1 Å². The molecule has 29 heavy (non-hydrogen) atoms. The van der Waals surface area contributed by atoms with Crippen molar-refractivity contribution < 1.29 is 31.4 Å². The minimum atomic E-state index is -4.85. The van der Waals surface area contributed by atoms with Crippen LogP contribution in [0, 0.1) is 11.3 Å². The van der Waals surface area contributed by atoms with Crippen molar-refractivity contribution in [1.82, 2.24) is 9.38 Å². The highest BCUT2D eigenvalue weighted by atomic mass is 19.4. The van der Waals surface area contributed by atoms with Gasteiger partial charge in [0.25, 0.3) is 0 Å². The van der Waals surface area contributed by atoms with Gasteiger partial charge in [-0.3, -0.25) is 4.40 Å². The molecule has 0 radical (unpaired) electrons. The molecule has 0 aliphatic rings. The van der Waals surface area contributed by atoms with E-state index in [1.165, 1.54) is 31.5 Å². The van der Waals surface area contributed by atoms with E-state index in [0.29, 0.717) is 23.6 Å². The Balaban J connectivity index is 2.16. The maximum absolute atomic E-state index is 13.9. The monoisotopic (exact) mass is 411 g/mol. The first-order valence-corrected chi connectivity index (χ1v) is 8.22. The van der Waals surface area contributed by atoms with E-state index in [0.717, 1.165) is 10.5 Å². The van der Waals surface area contributed by atoms with Crippen molar-refractivity contribution in [3.63, 3.8) is 0 Å². The maximum atomic E-state index is 13.9. The topological polar surface area (TPSA) is 59.5 Å². The Hall–Kier alpha value is -3.19. The van der Waals surface area contributed by atoms with Crippen LogP contribution in [0.25, 0.3) is 16.6 Å². The normalized spacial score (nSPS) is 12.2. The van der Waals surface area contributed by atoms with Crippen LogP contribution in [-0.4, -0.2) is 22.9 Å². The minimum absolute atomic E-state index is 0.0351. The summed E-state index contributed by atoms with van der Waals surface area (Å²) in [6.45, 7) is 0.627. The smallest absolute Gasteiger partial charge is 0.406 e. The number of pyridine rings is 1. The Bertz CT molecular complexity index is 1090. The molecule has 0 spiro atoms. The predicted molar refractivity (Wildman–Crippen MR) is 92.3 cm³/mol. The standard InChI is InChI=1S/C19H14F5N3O2/c1-18(20,21)17-26-15(8-25)16-6-3-11(9-27(16)17)14-5-4-13(29-19(22,23)24)7-12(14)10-28-2/h3-7,9H,10H2,1-2H3. The van der Waals surface area contributed by atoms with Crippen LogP contribution in [0.3, 0.4) is 0 Å². The minimum Gasteiger partial charge on any atom is -0.406 e. The Labute approximate surface area is 161 Å². The second-order valence-corrected chi connectivity index (χ2v) is 6.26. The van der Waals surface area contributed by atoms with Crippen LogP contribution in [0.1, 0.15) is 24.0 Å². The number of hydrogen-bond acceptors (Lipinski definition) is 4. The van der Waals surface area contributed by atoms with Crippen LogP contribution in [-0.2, 0) is 17.3 Å². The molecule has 0 aliphatic carbocycles. The molecular weight excluding hydrogens is 397 g/mol. The molecule has 0 bridgehead atoms. The van der Waals surface area contributed by atoms with E-state index in [-0.39, 0.29) is 17.8 Å². The van der Waals surface area contributed by atoms with Crippen molar-refractivity contribution >= 4 is 5.52 Å². The van der Waals surface area contributed by atoms with Gasteiger partial charge in [-0.1, -0.05) is 12.1 Å². The van der Waals surface area contributed by atoms with E-state index in [1.807, 2.05) is 0 Å². The lowest BCUT2D eigenvalue weighted by molar-refractivity contribution is -0.274. The highest BCUT2D eigenvalue weighted by Gasteiger charge is 2.32. The Morgan fingerprint density at radius 3 is 2.45 bits per heavy atom. The number of ether oxygens (including phenoxy) is 2. The second-order valence-electron chi connectivity index (χ2n) is 6.26. The van der Waals surface area contributed by atoms with E-state index in [4.69, 9.17) is 10.00 Å². The number of benzene rings is 1. The number of halogens is 5. The Morgan fingerprint density at radius 1 is 1.14 bits per heavy atom. The van der Waals surface area contributed by atoms with Gasteiger partial charge in [-0.25, -0.2) is 4.98 Å². The van der Waals surface area contributed by atoms with E-state index < -0.39 is 23.9 Å². The van der Waals surface area contributed by atoms with Crippen molar-refractivity contribution in [1.29, 1.82) is 5.26 Å². The number of imidazole rings is 1. The zero-order valence-corrected chi connectivity index (χ0v) is 15.2. The molecule has 0 unspecified atom stereocenters. The molecule has 0 amide bonds. The fourth-order valence-corrected chi connectivity index (χ4v) is 2.96. The molecule has 0 fully saturated rings. The van der Waals surface area contributed by atoms with Gasteiger partial charge in [-0.05, 0) is 34.9 Å². The van der Waals surface area contributed by atoms with Gasteiger partial charge in [0.15, 0.2) is 11.5 Å². The fourth-order valence-electron chi connectivity index (χ4n) is 2.96. The second kappa shape index (κ2) is 7.33. The van der Waals surface area contributed by atoms with Crippen LogP contribution >= 0.6 is 0 Å². The van der Waals surface area contributed by atoms with Crippen molar-refractivity contribution in [2.24, 2.45) is 0 Å². The highest BCUT2D eigenvalue weighted by molar-refractivity contribution is 5.71. The zero-order chi connectivity index (χ0) is 21.4. The van der Waals surface area contributed by atoms with E-state index in [2.05, 4.69) is 9.72 Å². The number of aromatic nitrogens is 2. The lowest BCUT2D eigenvalue weighted by Crippen LogP contribution is -2.17. The molecular formula is C19H14F5N3O2. The summed E-state index contributed by atoms with van der Waals surface area (Å²) in [5, 5.41) is 9.15. The number of methoxy groups -OCH3 is 1. The number of rotatable bonds is 5. The summed E-state index contributed by atoms with van der Waals surface area (Å²) in [6, 6.07) is 8.45. The SMILES string of the molecule is COCc1cc(OC(F)(F)F)ccc1-c1ccc2c(C#N)nc(C(C)(F)F)n2c1.